The molecule has 0 saturated carbocycles. The number of rotatable bonds is 6. The van der Waals surface area contributed by atoms with Crippen LogP contribution in [0.1, 0.15) is 11.1 Å². The number of carbonyl (C=O) groups excluding carboxylic acids is 1. The molecule has 3 aromatic carbocycles. The van der Waals surface area contributed by atoms with E-state index in [0.29, 0.717) is 12.5 Å². The molecule has 1 aliphatic heterocycles. The third-order valence-corrected chi connectivity index (χ3v) is 5.29. The van der Waals surface area contributed by atoms with Crippen LogP contribution in [0.15, 0.2) is 85.1 Å². The van der Waals surface area contributed by atoms with E-state index in [4.69, 9.17) is 9.72 Å². The van der Waals surface area contributed by atoms with Gasteiger partial charge in [0.25, 0.3) is 0 Å². The summed E-state index contributed by atoms with van der Waals surface area (Å²) in [5, 5.41) is 6.25. The molecule has 0 saturated heterocycles. The zero-order chi connectivity index (χ0) is 21.8. The Balaban J connectivity index is 1.32. The lowest BCUT2D eigenvalue weighted by molar-refractivity contribution is -0.115. The minimum absolute atomic E-state index is 0.0597. The van der Waals surface area contributed by atoms with Crippen molar-refractivity contribution in [3.63, 3.8) is 0 Å². The molecule has 158 valence electrons. The smallest absolute Gasteiger partial charge is 0.228 e. The second kappa shape index (κ2) is 8.89. The molecule has 0 aliphatic carbocycles. The standard InChI is InChI=1S/C26H22N4O2/c31-24-16-19-17-28-26(30-25(19)21-11-5-6-12-22(21)29-24)27-15-14-18-8-4-7-13-23(18)32-20-9-2-1-3-10-20/h1-13,17H,14-16H2,(H,29,31)(H,27,28,30). The van der Waals surface area contributed by atoms with Gasteiger partial charge in [-0.15, -0.1) is 0 Å². The van der Waals surface area contributed by atoms with Gasteiger partial charge in [-0.1, -0.05) is 54.6 Å². The van der Waals surface area contributed by atoms with Crippen LogP contribution in [-0.2, 0) is 17.6 Å². The third-order valence-electron chi connectivity index (χ3n) is 5.29. The number of hydrogen-bond donors (Lipinski definition) is 2. The molecule has 2 N–H and O–H groups in total. The van der Waals surface area contributed by atoms with Gasteiger partial charge in [0.1, 0.15) is 11.5 Å². The van der Waals surface area contributed by atoms with Crippen molar-refractivity contribution in [2.45, 2.75) is 12.8 Å². The number of aromatic nitrogens is 2. The molecule has 4 aromatic rings. The van der Waals surface area contributed by atoms with Crippen molar-refractivity contribution in [1.82, 2.24) is 9.97 Å². The second-order valence-electron chi connectivity index (χ2n) is 7.54. The number of fused-ring (bicyclic) bond motifs is 3. The highest BCUT2D eigenvalue weighted by molar-refractivity contribution is 5.99. The van der Waals surface area contributed by atoms with Crippen molar-refractivity contribution in [2.75, 3.05) is 17.2 Å². The van der Waals surface area contributed by atoms with Crippen molar-refractivity contribution in [2.24, 2.45) is 0 Å². The molecule has 0 radical (unpaired) electrons. The maximum absolute atomic E-state index is 12.2. The summed E-state index contributed by atoms with van der Waals surface area (Å²) in [4.78, 5) is 21.3. The van der Waals surface area contributed by atoms with Crippen LogP contribution in [-0.4, -0.2) is 22.4 Å². The first-order valence-corrected chi connectivity index (χ1v) is 10.6. The van der Waals surface area contributed by atoms with Gasteiger partial charge in [-0.25, -0.2) is 9.97 Å². The number of ether oxygens (including phenoxy) is 1. The maximum atomic E-state index is 12.2. The predicted octanol–water partition coefficient (Wildman–Crippen LogP) is 5.09. The molecule has 0 spiro atoms. The molecule has 6 heteroatoms. The van der Waals surface area contributed by atoms with Crippen LogP contribution in [0.25, 0.3) is 11.3 Å². The summed E-state index contributed by atoms with van der Waals surface area (Å²) in [5.41, 5.74) is 4.37. The van der Waals surface area contributed by atoms with E-state index in [0.717, 1.165) is 46.0 Å². The van der Waals surface area contributed by atoms with E-state index >= 15 is 0 Å². The summed E-state index contributed by atoms with van der Waals surface area (Å²) < 4.78 is 6.05. The van der Waals surface area contributed by atoms with E-state index in [9.17, 15) is 4.79 Å². The average Bonchev–Trinajstić information content (AvgIpc) is 2.96. The van der Waals surface area contributed by atoms with E-state index in [1.54, 1.807) is 6.20 Å². The van der Waals surface area contributed by atoms with Gasteiger partial charge in [0.2, 0.25) is 11.9 Å². The van der Waals surface area contributed by atoms with Crippen molar-refractivity contribution >= 4 is 17.5 Å². The number of amides is 1. The first-order chi connectivity index (χ1) is 15.8. The lowest BCUT2D eigenvalue weighted by Crippen LogP contribution is -2.13. The maximum Gasteiger partial charge on any atom is 0.228 e. The Bertz CT molecular complexity index is 1260. The van der Waals surface area contributed by atoms with Gasteiger partial charge in [-0.2, -0.15) is 0 Å². The van der Waals surface area contributed by atoms with Gasteiger partial charge >= 0.3 is 0 Å². The molecule has 0 fully saturated rings. The lowest BCUT2D eigenvalue weighted by atomic mass is 10.1. The molecule has 32 heavy (non-hydrogen) atoms. The lowest BCUT2D eigenvalue weighted by Gasteiger charge is -2.12. The first-order valence-electron chi connectivity index (χ1n) is 10.6. The van der Waals surface area contributed by atoms with E-state index in [-0.39, 0.29) is 12.3 Å². The number of anilines is 2. The zero-order valence-electron chi connectivity index (χ0n) is 17.4. The van der Waals surface area contributed by atoms with Crippen molar-refractivity contribution in [3.8, 4) is 22.8 Å². The van der Waals surface area contributed by atoms with Crippen LogP contribution in [0.2, 0.25) is 0 Å². The highest BCUT2D eigenvalue weighted by Crippen LogP contribution is 2.32. The highest BCUT2D eigenvalue weighted by atomic mass is 16.5. The fraction of sp³-hybridized carbons (Fsp3) is 0.115. The number of nitrogens with zero attached hydrogens (tertiary/aromatic N) is 2. The van der Waals surface area contributed by atoms with E-state index in [2.05, 4.69) is 21.7 Å². The van der Waals surface area contributed by atoms with Gasteiger partial charge in [-0.3, -0.25) is 4.79 Å². The fourth-order valence-electron chi connectivity index (χ4n) is 3.75. The molecule has 1 aromatic heterocycles. The van der Waals surface area contributed by atoms with Crippen molar-refractivity contribution in [1.29, 1.82) is 0 Å². The second-order valence-corrected chi connectivity index (χ2v) is 7.54. The van der Waals surface area contributed by atoms with Gasteiger partial charge in [0.05, 0.1) is 17.8 Å². The largest absolute Gasteiger partial charge is 0.457 e. The molecular formula is C26H22N4O2. The summed E-state index contributed by atoms with van der Waals surface area (Å²) >= 11 is 0. The van der Waals surface area contributed by atoms with Crippen molar-refractivity contribution < 1.29 is 9.53 Å². The summed E-state index contributed by atoms with van der Waals surface area (Å²) in [5.74, 6) is 2.12. The molecule has 1 amide bonds. The number of nitrogens with one attached hydrogen (secondary N) is 2. The molecule has 1 aliphatic rings. The third kappa shape index (κ3) is 4.30. The van der Waals surface area contributed by atoms with Crippen LogP contribution >= 0.6 is 0 Å². The monoisotopic (exact) mass is 422 g/mol. The Morgan fingerprint density at radius 3 is 2.62 bits per heavy atom. The quantitative estimate of drug-likeness (QED) is 0.453. The topological polar surface area (TPSA) is 76.1 Å². The van der Waals surface area contributed by atoms with Crippen molar-refractivity contribution in [3.05, 3.63) is 96.2 Å². The van der Waals surface area contributed by atoms with Crippen LogP contribution in [0, 0.1) is 0 Å². The number of para-hydroxylation sites is 3. The minimum Gasteiger partial charge on any atom is -0.457 e. The van der Waals surface area contributed by atoms with Crippen LogP contribution in [0.4, 0.5) is 11.6 Å². The molecule has 0 unspecified atom stereocenters. The molecule has 0 bridgehead atoms. The average molecular weight is 422 g/mol. The van der Waals surface area contributed by atoms with Crippen LogP contribution in [0.3, 0.4) is 0 Å². The van der Waals surface area contributed by atoms with E-state index in [1.807, 2.05) is 72.8 Å². The van der Waals surface area contributed by atoms with Gasteiger partial charge in [0.15, 0.2) is 0 Å². The minimum atomic E-state index is -0.0597. The van der Waals surface area contributed by atoms with Gasteiger partial charge < -0.3 is 15.4 Å². The molecular weight excluding hydrogens is 400 g/mol. The van der Waals surface area contributed by atoms with Crippen LogP contribution in [0.5, 0.6) is 11.5 Å². The van der Waals surface area contributed by atoms with E-state index in [1.165, 1.54) is 0 Å². The number of carbonyl (C=O) groups is 1. The summed E-state index contributed by atoms with van der Waals surface area (Å²) in [6, 6.07) is 25.5. The number of hydrogen-bond acceptors (Lipinski definition) is 5. The number of benzene rings is 3. The Kier molecular flexibility index (Phi) is 5.49. The highest BCUT2D eigenvalue weighted by Gasteiger charge is 2.20. The summed E-state index contributed by atoms with van der Waals surface area (Å²) in [6.45, 7) is 0.646. The van der Waals surface area contributed by atoms with Crippen LogP contribution < -0.4 is 15.4 Å². The molecule has 6 nitrogen and oxygen atoms in total. The van der Waals surface area contributed by atoms with Gasteiger partial charge in [-0.05, 0) is 36.2 Å². The fourth-order valence-corrected chi connectivity index (χ4v) is 3.75. The molecule has 5 rings (SSSR count). The Labute approximate surface area is 186 Å². The Morgan fingerprint density at radius 2 is 1.72 bits per heavy atom. The molecule has 0 atom stereocenters. The summed E-state index contributed by atoms with van der Waals surface area (Å²) in [6.07, 6.45) is 2.74. The van der Waals surface area contributed by atoms with Gasteiger partial charge in [0, 0.05) is 23.9 Å². The Morgan fingerprint density at radius 1 is 0.938 bits per heavy atom. The Hall–Kier alpha value is -4.19. The van der Waals surface area contributed by atoms with E-state index < -0.39 is 0 Å². The first kappa shape index (κ1) is 19.8. The zero-order valence-corrected chi connectivity index (χ0v) is 17.4. The molecule has 2 heterocycles. The summed E-state index contributed by atoms with van der Waals surface area (Å²) in [7, 11) is 0. The normalized spacial score (nSPS) is 12.2. The SMILES string of the molecule is O=C1Cc2cnc(NCCc3ccccc3Oc3ccccc3)nc2-c2ccccc2N1. The predicted molar refractivity (Wildman–Crippen MR) is 125 cm³/mol.